The minimum Gasteiger partial charge on any atom is -0.0613 e. The Bertz CT molecular complexity index is 412. The summed E-state index contributed by atoms with van der Waals surface area (Å²) in [6, 6.07) is 9.51. The molecule has 0 aromatic heterocycles. The molecule has 3 fully saturated rings. The van der Waals surface area contributed by atoms with Crippen molar-refractivity contribution in [3.63, 3.8) is 0 Å². The molecule has 4 rings (SSSR count). The predicted molar refractivity (Wildman–Crippen MR) is 75.6 cm³/mol. The van der Waals surface area contributed by atoms with Gasteiger partial charge in [-0.3, -0.25) is 0 Å². The highest BCUT2D eigenvalue weighted by atomic mass is 14.6. The van der Waals surface area contributed by atoms with E-state index in [-0.39, 0.29) is 0 Å². The van der Waals surface area contributed by atoms with Gasteiger partial charge in [0, 0.05) is 0 Å². The van der Waals surface area contributed by atoms with Crippen molar-refractivity contribution in [2.24, 2.45) is 23.7 Å². The van der Waals surface area contributed by atoms with Crippen molar-refractivity contribution in [2.75, 3.05) is 0 Å². The number of hydrogen-bond acceptors (Lipinski definition) is 0. The van der Waals surface area contributed by atoms with Crippen LogP contribution in [0.15, 0.2) is 24.3 Å². The lowest BCUT2D eigenvalue weighted by Gasteiger charge is -2.23. The van der Waals surface area contributed by atoms with Gasteiger partial charge < -0.3 is 0 Å². The molecule has 0 amide bonds. The van der Waals surface area contributed by atoms with Gasteiger partial charge in [-0.15, -0.1) is 0 Å². The first-order chi connectivity index (χ1) is 8.85. The molecular weight excluding hydrogens is 216 g/mol. The molecule has 4 atom stereocenters. The van der Waals surface area contributed by atoms with Crippen molar-refractivity contribution < 1.29 is 0 Å². The average Bonchev–Trinajstić information content (AvgIpc) is 3.10. The van der Waals surface area contributed by atoms with Crippen molar-refractivity contribution >= 4 is 0 Å². The van der Waals surface area contributed by atoms with E-state index in [1.54, 1.807) is 24.8 Å². The molecule has 96 valence electrons. The summed E-state index contributed by atoms with van der Waals surface area (Å²) in [7, 11) is 0. The van der Waals surface area contributed by atoms with Crippen LogP contribution >= 0.6 is 0 Å². The van der Waals surface area contributed by atoms with Crippen LogP contribution in [0.2, 0.25) is 0 Å². The summed E-state index contributed by atoms with van der Waals surface area (Å²) >= 11 is 0. The smallest absolute Gasteiger partial charge is 0.0156 e. The minimum atomic E-state index is 0.884. The summed E-state index contributed by atoms with van der Waals surface area (Å²) in [5.41, 5.74) is 3.11. The first kappa shape index (κ1) is 11.1. The fraction of sp³-hybridized carbons (Fsp3) is 0.667. The van der Waals surface area contributed by atoms with Gasteiger partial charge in [-0.2, -0.15) is 0 Å². The fourth-order valence-electron chi connectivity index (χ4n) is 5.32. The Hall–Kier alpha value is -0.780. The maximum Gasteiger partial charge on any atom is -0.0156 e. The molecule has 0 saturated heterocycles. The second-order valence-electron chi connectivity index (χ2n) is 6.92. The lowest BCUT2D eigenvalue weighted by atomic mass is 9.82. The molecule has 1 aromatic carbocycles. The summed E-state index contributed by atoms with van der Waals surface area (Å²) in [5.74, 6) is 5.30. The van der Waals surface area contributed by atoms with Gasteiger partial charge in [-0.25, -0.2) is 0 Å². The van der Waals surface area contributed by atoms with Gasteiger partial charge >= 0.3 is 0 Å². The molecule has 0 nitrogen and oxygen atoms in total. The summed E-state index contributed by atoms with van der Waals surface area (Å²) in [5, 5.41) is 0. The van der Waals surface area contributed by atoms with Crippen LogP contribution in [-0.4, -0.2) is 0 Å². The molecule has 0 heterocycles. The van der Waals surface area contributed by atoms with Gasteiger partial charge in [0.2, 0.25) is 0 Å². The zero-order valence-corrected chi connectivity index (χ0v) is 11.4. The van der Waals surface area contributed by atoms with E-state index in [9.17, 15) is 0 Å². The van der Waals surface area contributed by atoms with Gasteiger partial charge in [-0.1, -0.05) is 31.2 Å². The van der Waals surface area contributed by atoms with Gasteiger partial charge in [0.15, 0.2) is 0 Å². The molecule has 4 unspecified atom stereocenters. The molecule has 3 aliphatic rings. The third kappa shape index (κ3) is 1.57. The van der Waals surface area contributed by atoms with E-state index in [2.05, 4.69) is 31.2 Å². The Morgan fingerprint density at radius 2 is 1.50 bits per heavy atom. The quantitative estimate of drug-likeness (QED) is 0.697. The van der Waals surface area contributed by atoms with E-state index in [0.29, 0.717) is 0 Å². The number of benzene rings is 1. The summed E-state index contributed by atoms with van der Waals surface area (Å²) in [6.07, 6.45) is 8.84. The average molecular weight is 240 g/mol. The molecule has 3 saturated carbocycles. The van der Waals surface area contributed by atoms with Crippen LogP contribution in [0.4, 0.5) is 0 Å². The van der Waals surface area contributed by atoms with Crippen LogP contribution in [0.25, 0.3) is 0 Å². The lowest BCUT2D eigenvalue weighted by Crippen LogP contribution is -2.15. The number of hydrogen-bond donors (Lipinski definition) is 0. The monoisotopic (exact) mass is 240 g/mol. The van der Waals surface area contributed by atoms with Crippen LogP contribution < -0.4 is 0 Å². The van der Waals surface area contributed by atoms with E-state index in [0.717, 1.165) is 29.6 Å². The Morgan fingerprint density at radius 3 is 2.06 bits per heavy atom. The van der Waals surface area contributed by atoms with Crippen molar-refractivity contribution in [1.82, 2.24) is 0 Å². The number of aryl methyl sites for hydroxylation is 1. The SMILES string of the molecule is CCc1ccc(C2CC3C4CCC(C4)C3C2)cc1. The predicted octanol–water partition coefficient (Wildman–Crippen LogP) is 4.79. The molecule has 1 aromatic rings. The van der Waals surface area contributed by atoms with E-state index in [1.807, 2.05) is 0 Å². The molecule has 18 heavy (non-hydrogen) atoms. The largest absolute Gasteiger partial charge is 0.0613 e. The summed E-state index contributed by atoms with van der Waals surface area (Å²) in [4.78, 5) is 0. The fourth-order valence-corrected chi connectivity index (χ4v) is 5.32. The second kappa shape index (κ2) is 4.11. The van der Waals surface area contributed by atoms with Crippen LogP contribution in [0, 0.1) is 23.7 Å². The van der Waals surface area contributed by atoms with E-state index >= 15 is 0 Å². The maximum absolute atomic E-state index is 2.41. The lowest BCUT2D eigenvalue weighted by molar-refractivity contribution is 0.259. The third-order valence-corrected chi connectivity index (χ3v) is 6.25. The Balaban J connectivity index is 1.53. The van der Waals surface area contributed by atoms with E-state index in [4.69, 9.17) is 0 Å². The number of rotatable bonds is 2. The first-order valence-corrected chi connectivity index (χ1v) is 7.94. The van der Waals surface area contributed by atoms with Crippen LogP contribution in [0.1, 0.15) is 56.1 Å². The normalized spacial score (nSPS) is 41.3. The van der Waals surface area contributed by atoms with E-state index < -0.39 is 0 Å². The van der Waals surface area contributed by atoms with Gasteiger partial charge in [0.25, 0.3) is 0 Å². The van der Waals surface area contributed by atoms with Crippen LogP contribution in [0.5, 0.6) is 0 Å². The topological polar surface area (TPSA) is 0 Å². The van der Waals surface area contributed by atoms with E-state index in [1.165, 1.54) is 24.8 Å². The molecule has 0 radical (unpaired) electrons. The highest BCUT2D eigenvalue weighted by Crippen LogP contribution is 2.61. The standard InChI is InChI=1S/C18H24/c1-2-12-3-5-13(6-4-12)16-10-17-14-7-8-15(9-14)18(17)11-16/h3-6,14-18H,2,7-11H2,1H3. The first-order valence-electron chi connectivity index (χ1n) is 7.94. The van der Waals surface area contributed by atoms with Crippen molar-refractivity contribution in [1.29, 1.82) is 0 Å². The Morgan fingerprint density at radius 1 is 0.889 bits per heavy atom. The van der Waals surface area contributed by atoms with Crippen LogP contribution in [-0.2, 0) is 6.42 Å². The zero-order valence-electron chi connectivity index (χ0n) is 11.4. The highest BCUT2D eigenvalue weighted by molar-refractivity contribution is 5.27. The van der Waals surface area contributed by atoms with Gasteiger partial charge in [-0.05, 0) is 79.2 Å². The Kier molecular flexibility index (Phi) is 2.53. The molecule has 2 bridgehead atoms. The van der Waals surface area contributed by atoms with Gasteiger partial charge in [0.1, 0.15) is 0 Å². The summed E-state index contributed by atoms with van der Waals surface area (Å²) < 4.78 is 0. The van der Waals surface area contributed by atoms with Crippen molar-refractivity contribution in [3.05, 3.63) is 35.4 Å². The zero-order chi connectivity index (χ0) is 12.1. The third-order valence-electron chi connectivity index (χ3n) is 6.25. The maximum atomic E-state index is 2.41. The Labute approximate surface area is 111 Å². The molecular formula is C18H24. The summed E-state index contributed by atoms with van der Waals surface area (Å²) in [6.45, 7) is 2.24. The second-order valence-corrected chi connectivity index (χ2v) is 6.92. The van der Waals surface area contributed by atoms with Crippen molar-refractivity contribution in [3.8, 4) is 0 Å². The molecule has 0 N–H and O–H groups in total. The molecule has 3 aliphatic carbocycles. The number of fused-ring (bicyclic) bond motifs is 5. The van der Waals surface area contributed by atoms with Gasteiger partial charge in [0.05, 0.1) is 0 Å². The molecule has 0 heteroatoms. The van der Waals surface area contributed by atoms with Crippen LogP contribution in [0.3, 0.4) is 0 Å². The molecule has 0 aliphatic heterocycles. The highest BCUT2D eigenvalue weighted by Gasteiger charge is 2.51. The minimum absolute atomic E-state index is 0.884. The van der Waals surface area contributed by atoms with Crippen molar-refractivity contribution in [2.45, 2.75) is 51.4 Å². The molecule has 0 spiro atoms.